The van der Waals surface area contributed by atoms with Gasteiger partial charge in [0.05, 0.1) is 0 Å². The summed E-state index contributed by atoms with van der Waals surface area (Å²) in [7, 11) is 0. The summed E-state index contributed by atoms with van der Waals surface area (Å²) in [5.41, 5.74) is 1.54. The molecule has 1 aliphatic rings. The second-order valence-corrected chi connectivity index (χ2v) is 9.62. The third-order valence-corrected chi connectivity index (χ3v) is 8.71. The van der Waals surface area contributed by atoms with Gasteiger partial charge >= 0.3 is 61.3 Å². The van der Waals surface area contributed by atoms with Gasteiger partial charge in [0, 0.05) is 0 Å². The Bertz CT molecular complexity index is 165. The van der Waals surface area contributed by atoms with E-state index >= 15 is 0 Å². The third kappa shape index (κ3) is 1.29. The summed E-state index contributed by atoms with van der Waals surface area (Å²) in [6.45, 7) is 6.85. The van der Waals surface area contributed by atoms with Gasteiger partial charge in [-0.1, -0.05) is 0 Å². The fourth-order valence-corrected chi connectivity index (χ4v) is 6.25. The zero-order valence-corrected chi connectivity index (χ0v) is 8.86. The molecule has 0 bridgehead atoms. The van der Waals surface area contributed by atoms with Crippen LogP contribution in [0.4, 0.5) is 0 Å². The summed E-state index contributed by atoms with van der Waals surface area (Å²) in [6, 6.07) is 0. The molecule has 1 atom stereocenters. The molecule has 50 valence electrons. The molecule has 0 aromatic heterocycles. The van der Waals surface area contributed by atoms with Crippen molar-refractivity contribution in [1.82, 2.24) is 0 Å². The molecular formula is C8H14Ge. The molecule has 0 nitrogen and oxygen atoms in total. The molecule has 0 amide bonds. The first-order chi connectivity index (χ1) is 4.25. The summed E-state index contributed by atoms with van der Waals surface area (Å²) < 4.78 is 1.74. The van der Waals surface area contributed by atoms with E-state index in [9.17, 15) is 0 Å². The first-order valence-electron chi connectivity index (χ1n) is 3.61. The Balaban J connectivity index is 2.74. The molecule has 1 heteroatoms. The van der Waals surface area contributed by atoms with Gasteiger partial charge in [0.25, 0.3) is 0 Å². The summed E-state index contributed by atoms with van der Waals surface area (Å²) in [5.74, 6) is 0. The summed E-state index contributed by atoms with van der Waals surface area (Å²) >= 11 is -0.952. The fourth-order valence-electron chi connectivity index (χ4n) is 1.27. The van der Waals surface area contributed by atoms with E-state index in [0.29, 0.717) is 0 Å². The molecule has 0 aromatic carbocycles. The van der Waals surface area contributed by atoms with Gasteiger partial charge < -0.3 is 0 Å². The van der Waals surface area contributed by atoms with Crippen LogP contribution in [-0.4, -0.2) is 14.3 Å². The Hall–Kier alpha value is 0.0229. The molecule has 1 aliphatic heterocycles. The molecule has 0 saturated heterocycles. The van der Waals surface area contributed by atoms with Gasteiger partial charge in [-0.15, -0.1) is 0 Å². The van der Waals surface area contributed by atoms with E-state index in [4.69, 9.17) is 0 Å². The fraction of sp³-hybridized carbons (Fsp3) is 0.500. The van der Waals surface area contributed by atoms with Gasteiger partial charge in [-0.25, -0.2) is 0 Å². The van der Waals surface area contributed by atoms with Gasteiger partial charge in [-0.05, 0) is 0 Å². The predicted molar refractivity (Wildman–Crippen MR) is 45.1 cm³/mol. The van der Waals surface area contributed by atoms with Gasteiger partial charge in [-0.3, -0.25) is 0 Å². The Morgan fingerprint density at radius 3 is 2.33 bits per heavy atom. The van der Waals surface area contributed by atoms with Crippen LogP contribution in [0.3, 0.4) is 0 Å². The van der Waals surface area contributed by atoms with Crippen LogP contribution < -0.4 is 0 Å². The first kappa shape index (κ1) is 7.13. The van der Waals surface area contributed by atoms with E-state index in [1.807, 2.05) is 0 Å². The summed E-state index contributed by atoms with van der Waals surface area (Å²) in [6.07, 6.45) is 2.31. The third-order valence-electron chi connectivity index (χ3n) is 2.20. The van der Waals surface area contributed by atoms with Crippen LogP contribution in [0.1, 0.15) is 20.8 Å². The van der Waals surface area contributed by atoms with Crippen molar-refractivity contribution in [3.05, 3.63) is 21.0 Å². The van der Waals surface area contributed by atoms with Crippen molar-refractivity contribution in [2.75, 3.05) is 0 Å². The summed E-state index contributed by atoms with van der Waals surface area (Å²) in [5, 5.41) is 1.44. The van der Waals surface area contributed by atoms with Crippen LogP contribution in [0, 0.1) is 0 Å². The van der Waals surface area contributed by atoms with Crippen molar-refractivity contribution >= 4 is 14.3 Å². The minimum absolute atomic E-state index is 0.952. The quantitative estimate of drug-likeness (QED) is 0.546. The van der Waals surface area contributed by atoms with Crippen molar-refractivity contribution in [2.45, 2.75) is 26.0 Å². The van der Waals surface area contributed by atoms with Crippen molar-refractivity contribution in [3.63, 3.8) is 0 Å². The zero-order valence-electron chi connectivity index (χ0n) is 6.44. The van der Waals surface area contributed by atoms with Gasteiger partial charge in [0.15, 0.2) is 0 Å². The van der Waals surface area contributed by atoms with E-state index < -0.39 is 14.3 Å². The Morgan fingerprint density at radius 2 is 2.11 bits per heavy atom. The van der Waals surface area contributed by atoms with E-state index in [2.05, 4.69) is 31.8 Å². The van der Waals surface area contributed by atoms with Crippen LogP contribution >= 0.6 is 0 Å². The van der Waals surface area contributed by atoms with Gasteiger partial charge in [0.2, 0.25) is 0 Å². The predicted octanol–water partition coefficient (Wildman–Crippen LogP) is 2.22. The molecular weight excluding hydrogens is 169 g/mol. The van der Waals surface area contributed by atoms with E-state index in [-0.39, 0.29) is 0 Å². The number of hydrogen-bond donors (Lipinski definition) is 0. The standard InChI is InChI=1S/C8H14Ge/c1-4-9-6-5-7(2)8(9)3/h5-6,9H,4H2,1-3H3. The second kappa shape index (κ2) is 2.74. The summed E-state index contributed by atoms with van der Waals surface area (Å²) in [4.78, 5) is 2.48. The molecule has 0 saturated carbocycles. The topological polar surface area (TPSA) is 0 Å². The zero-order chi connectivity index (χ0) is 6.85. The van der Waals surface area contributed by atoms with Crippen LogP contribution in [0.25, 0.3) is 0 Å². The van der Waals surface area contributed by atoms with Crippen LogP contribution in [-0.2, 0) is 0 Å². The van der Waals surface area contributed by atoms with Crippen LogP contribution in [0.15, 0.2) is 21.0 Å². The Labute approximate surface area is 61.8 Å². The molecule has 1 rings (SSSR count). The Kier molecular flexibility index (Phi) is 2.17. The van der Waals surface area contributed by atoms with Crippen LogP contribution in [0.2, 0.25) is 5.25 Å². The van der Waals surface area contributed by atoms with Crippen molar-refractivity contribution in [3.8, 4) is 0 Å². The van der Waals surface area contributed by atoms with Gasteiger partial charge in [-0.2, -0.15) is 0 Å². The molecule has 0 spiro atoms. The maximum atomic E-state index is 2.48. The first-order valence-corrected chi connectivity index (χ1v) is 7.93. The number of hydrogen-bond acceptors (Lipinski definition) is 0. The van der Waals surface area contributed by atoms with Crippen molar-refractivity contribution in [2.24, 2.45) is 0 Å². The second-order valence-electron chi connectivity index (χ2n) is 2.74. The molecule has 1 unspecified atom stereocenters. The maximum absolute atomic E-state index is 2.48. The van der Waals surface area contributed by atoms with Crippen molar-refractivity contribution < 1.29 is 0 Å². The van der Waals surface area contributed by atoms with Crippen LogP contribution in [0.5, 0.6) is 0 Å². The average Bonchev–Trinajstić information content (AvgIpc) is 2.15. The van der Waals surface area contributed by atoms with E-state index in [1.165, 1.54) is 5.25 Å². The normalized spacial score (nSPS) is 25.9. The molecule has 1 heterocycles. The molecule has 0 radical (unpaired) electrons. The molecule has 0 aliphatic carbocycles. The average molecular weight is 183 g/mol. The Morgan fingerprint density at radius 1 is 1.44 bits per heavy atom. The van der Waals surface area contributed by atoms with Crippen molar-refractivity contribution in [1.29, 1.82) is 0 Å². The molecule has 0 N–H and O–H groups in total. The molecule has 0 aromatic rings. The SMILES string of the molecule is C[CH2][GeH]1[CH]=CC(C)=[C]1C. The molecule has 0 fully saturated rings. The van der Waals surface area contributed by atoms with E-state index in [0.717, 1.165) is 0 Å². The number of rotatable bonds is 1. The molecule has 9 heavy (non-hydrogen) atoms. The monoisotopic (exact) mass is 184 g/mol. The van der Waals surface area contributed by atoms with E-state index in [1.54, 1.807) is 9.98 Å². The minimum atomic E-state index is -0.952. The number of allylic oxidation sites excluding steroid dienone is 3. The van der Waals surface area contributed by atoms with Gasteiger partial charge in [0.1, 0.15) is 0 Å².